The molecule has 0 aliphatic heterocycles. The summed E-state index contributed by atoms with van der Waals surface area (Å²) in [4.78, 5) is 11.1. The molecule has 1 aromatic carbocycles. The van der Waals surface area contributed by atoms with Gasteiger partial charge in [-0.05, 0) is 17.7 Å². The van der Waals surface area contributed by atoms with Crippen LogP contribution < -0.4 is 9.46 Å². The average Bonchev–Trinajstić information content (AvgIpc) is 2.26. The van der Waals surface area contributed by atoms with E-state index in [0.29, 0.717) is 12.2 Å². The smallest absolute Gasteiger partial charge is 0.271 e. The molecule has 0 heterocycles. The van der Waals surface area contributed by atoms with Crippen LogP contribution in [-0.4, -0.2) is 27.2 Å². The lowest BCUT2D eigenvalue weighted by Crippen LogP contribution is -2.33. The molecule has 0 saturated heterocycles. The molecule has 6 nitrogen and oxygen atoms in total. The largest absolute Gasteiger partial charge is 0.484 e. The fraction of sp³-hybridized carbons (Fsp3) is 0.273. The molecule has 0 saturated carbocycles. The van der Waals surface area contributed by atoms with Crippen LogP contribution in [0.5, 0.6) is 5.75 Å². The molecule has 0 unspecified atom stereocenters. The number of ether oxygens (including phenoxy) is 1. The van der Waals surface area contributed by atoms with Crippen molar-refractivity contribution < 1.29 is 17.9 Å². The summed E-state index contributed by atoms with van der Waals surface area (Å²) in [5.41, 5.74) is 0.838. The monoisotopic (exact) mass is 268 g/mol. The maximum Gasteiger partial charge on any atom is 0.271 e. The molecule has 0 aliphatic rings. The van der Waals surface area contributed by atoms with Crippen molar-refractivity contribution in [3.8, 4) is 11.8 Å². The van der Waals surface area contributed by atoms with E-state index in [-0.39, 0.29) is 6.61 Å². The predicted molar refractivity (Wildman–Crippen MR) is 64.2 cm³/mol. The number of amides is 1. The van der Waals surface area contributed by atoms with Gasteiger partial charge in [0.15, 0.2) is 6.61 Å². The molecule has 1 N–H and O–H groups in total. The van der Waals surface area contributed by atoms with Crippen molar-refractivity contribution in [1.82, 2.24) is 4.72 Å². The van der Waals surface area contributed by atoms with Crippen molar-refractivity contribution in [2.24, 2.45) is 0 Å². The zero-order chi connectivity index (χ0) is 13.6. The molecule has 1 rings (SSSR count). The number of nitrogens with one attached hydrogen (secondary N) is 1. The van der Waals surface area contributed by atoms with E-state index in [1.54, 1.807) is 29.0 Å². The van der Waals surface area contributed by atoms with Crippen LogP contribution in [0.3, 0.4) is 0 Å². The van der Waals surface area contributed by atoms with Gasteiger partial charge >= 0.3 is 0 Å². The summed E-state index contributed by atoms with van der Waals surface area (Å²) < 4.78 is 28.4. The molecule has 0 aliphatic carbocycles. The van der Waals surface area contributed by atoms with E-state index in [2.05, 4.69) is 0 Å². The Bertz CT molecular complexity index is 558. The van der Waals surface area contributed by atoms with Crippen LogP contribution in [0.1, 0.15) is 5.56 Å². The fourth-order valence-electron chi connectivity index (χ4n) is 1.18. The number of nitriles is 1. The maximum atomic E-state index is 11.1. The van der Waals surface area contributed by atoms with Crippen molar-refractivity contribution in [3.05, 3.63) is 29.8 Å². The minimum Gasteiger partial charge on any atom is -0.484 e. The highest BCUT2D eigenvalue weighted by Gasteiger charge is 2.08. The van der Waals surface area contributed by atoms with E-state index in [4.69, 9.17) is 10.00 Å². The minimum absolute atomic E-state index is 0.300. The zero-order valence-electron chi connectivity index (χ0n) is 9.71. The molecular formula is C11H12N2O4S. The van der Waals surface area contributed by atoms with E-state index in [9.17, 15) is 13.2 Å². The second-order valence-electron chi connectivity index (χ2n) is 3.56. The third kappa shape index (κ3) is 5.32. The van der Waals surface area contributed by atoms with Crippen molar-refractivity contribution in [2.75, 3.05) is 12.9 Å². The fourth-order valence-corrected chi connectivity index (χ4v) is 1.65. The molecule has 0 radical (unpaired) electrons. The lowest BCUT2D eigenvalue weighted by Gasteiger charge is -2.06. The van der Waals surface area contributed by atoms with Crippen LogP contribution in [0, 0.1) is 11.3 Å². The molecule has 1 amide bonds. The summed E-state index contributed by atoms with van der Waals surface area (Å²) in [6.45, 7) is -0.384. The minimum atomic E-state index is -3.56. The van der Waals surface area contributed by atoms with E-state index in [1.165, 1.54) is 0 Å². The summed E-state index contributed by atoms with van der Waals surface area (Å²) in [7, 11) is -3.56. The average molecular weight is 268 g/mol. The number of sulfonamides is 1. The van der Waals surface area contributed by atoms with Crippen LogP contribution in [0.15, 0.2) is 24.3 Å². The van der Waals surface area contributed by atoms with Gasteiger partial charge in [0.1, 0.15) is 5.75 Å². The number of nitrogens with zero attached hydrogens (tertiary/aromatic N) is 1. The Labute approximate surface area is 105 Å². The highest BCUT2D eigenvalue weighted by molar-refractivity contribution is 7.89. The van der Waals surface area contributed by atoms with Crippen LogP contribution in [0.4, 0.5) is 0 Å². The van der Waals surface area contributed by atoms with Crippen molar-refractivity contribution in [2.45, 2.75) is 6.42 Å². The first kappa shape index (κ1) is 14.0. The Kier molecular flexibility index (Phi) is 4.68. The second kappa shape index (κ2) is 6.02. The molecule has 0 spiro atoms. The molecule has 0 aromatic heterocycles. The normalized spacial score (nSPS) is 10.4. The first-order chi connectivity index (χ1) is 8.40. The van der Waals surface area contributed by atoms with E-state index in [0.717, 1.165) is 11.8 Å². The molecule has 96 valence electrons. The van der Waals surface area contributed by atoms with Crippen molar-refractivity contribution >= 4 is 15.9 Å². The van der Waals surface area contributed by atoms with Crippen LogP contribution in [-0.2, 0) is 21.2 Å². The standard InChI is InChI=1S/C11H12N2O4S/c1-18(15,16)13-11(14)8-17-10-4-2-9(3-5-10)6-7-12/h2-5H,6,8H2,1H3,(H,13,14). The summed E-state index contributed by atoms with van der Waals surface area (Å²) in [5.74, 6) is -0.307. The van der Waals surface area contributed by atoms with Gasteiger partial charge in [0, 0.05) is 0 Å². The summed E-state index contributed by atoms with van der Waals surface area (Å²) >= 11 is 0. The highest BCUT2D eigenvalue weighted by Crippen LogP contribution is 2.12. The quantitative estimate of drug-likeness (QED) is 0.823. The van der Waals surface area contributed by atoms with Gasteiger partial charge in [-0.15, -0.1) is 0 Å². The van der Waals surface area contributed by atoms with Crippen molar-refractivity contribution in [3.63, 3.8) is 0 Å². The number of rotatable bonds is 5. The van der Waals surface area contributed by atoms with E-state index >= 15 is 0 Å². The van der Waals surface area contributed by atoms with Gasteiger partial charge in [-0.2, -0.15) is 5.26 Å². The first-order valence-corrected chi connectivity index (χ1v) is 6.89. The summed E-state index contributed by atoms with van der Waals surface area (Å²) in [6, 6.07) is 8.63. The predicted octanol–water partition coefficient (Wildman–Crippen LogP) is 0.207. The third-order valence-electron chi connectivity index (χ3n) is 1.88. The number of carbonyl (C=O) groups is 1. The Balaban J connectivity index is 2.49. The third-order valence-corrected chi connectivity index (χ3v) is 2.47. The van der Waals surface area contributed by atoms with Crippen LogP contribution in [0.2, 0.25) is 0 Å². The number of benzene rings is 1. The van der Waals surface area contributed by atoms with Crippen molar-refractivity contribution in [1.29, 1.82) is 5.26 Å². The SMILES string of the molecule is CS(=O)(=O)NC(=O)COc1ccc(CC#N)cc1. The lowest BCUT2D eigenvalue weighted by atomic mass is 10.2. The maximum absolute atomic E-state index is 11.1. The summed E-state index contributed by atoms with van der Waals surface area (Å²) in [5, 5.41) is 8.48. The molecule has 0 atom stereocenters. The topological polar surface area (TPSA) is 96.3 Å². The van der Waals surface area contributed by atoms with Gasteiger partial charge in [-0.1, -0.05) is 12.1 Å². The van der Waals surface area contributed by atoms with Gasteiger partial charge in [0.25, 0.3) is 5.91 Å². The summed E-state index contributed by atoms with van der Waals surface area (Å²) in [6.07, 6.45) is 1.19. The second-order valence-corrected chi connectivity index (χ2v) is 5.31. The van der Waals surface area contributed by atoms with E-state index in [1.807, 2.05) is 6.07 Å². The van der Waals surface area contributed by atoms with Gasteiger partial charge in [0.05, 0.1) is 18.7 Å². The molecule has 7 heteroatoms. The van der Waals surface area contributed by atoms with Gasteiger partial charge in [0.2, 0.25) is 10.0 Å². The highest BCUT2D eigenvalue weighted by atomic mass is 32.2. The lowest BCUT2D eigenvalue weighted by molar-refractivity contribution is -0.121. The molecule has 1 aromatic rings. The first-order valence-electron chi connectivity index (χ1n) is 5.00. The van der Waals surface area contributed by atoms with Gasteiger partial charge < -0.3 is 4.74 Å². The Morgan fingerprint density at radius 1 is 1.39 bits per heavy atom. The molecular weight excluding hydrogens is 256 g/mol. The van der Waals surface area contributed by atoms with Gasteiger partial charge in [-0.25, -0.2) is 8.42 Å². The van der Waals surface area contributed by atoms with E-state index < -0.39 is 15.9 Å². The Morgan fingerprint density at radius 2 is 2.00 bits per heavy atom. The number of carbonyl (C=O) groups excluding carboxylic acids is 1. The Hall–Kier alpha value is -2.07. The zero-order valence-corrected chi connectivity index (χ0v) is 10.5. The number of hydrogen-bond donors (Lipinski definition) is 1. The molecule has 18 heavy (non-hydrogen) atoms. The van der Waals surface area contributed by atoms with Crippen LogP contribution >= 0.6 is 0 Å². The van der Waals surface area contributed by atoms with Gasteiger partial charge in [-0.3, -0.25) is 9.52 Å². The Morgan fingerprint density at radius 3 is 2.50 bits per heavy atom. The molecule has 0 fully saturated rings. The number of hydrogen-bond acceptors (Lipinski definition) is 5. The van der Waals surface area contributed by atoms with Crippen LogP contribution in [0.25, 0.3) is 0 Å². The molecule has 0 bridgehead atoms.